The highest BCUT2D eigenvalue weighted by molar-refractivity contribution is 6.36. The van der Waals surface area contributed by atoms with Crippen LogP contribution < -0.4 is 19.5 Å². The largest absolute Gasteiger partial charge is 0.493 e. The molecule has 0 aromatic heterocycles. The fraction of sp³-hybridized carbons (Fsp3) is 0.273. The van der Waals surface area contributed by atoms with Crippen molar-refractivity contribution < 1.29 is 23.8 Å². The van der Waals surface area contributed by atoms with E-state index >= 15 is 0 Å². The molecule has 2 aromatic carbocycles. The molecule has 0 unspecified atom stereocenters. The maximum absolute atomic E-state index is 12.8. The van der Waals surface area contributed by atoms with Crippen LogP contribution in [0.5, 0.6) is 17.2 Å². The van der Waals surface area contributed by atoms with Gasteiger partial charge in [0.1, 0.15) is 5.70 Å². The van der Waals surface area contributed by atoms with Crippen molar-refractivity contribution in [1.82, 2.24) is 4.90 Å². The van der Waals surface area contributed by atoms with Gasteiger partial charge in [-0.15, -0.1) is 0 Å². The minimum absolute atomic E-state index is 0.207. The van der Waals surface area contributed by atoms with Crippen LogP contribution in [0.15, 0.2) is 36.0 Å². The third-order valence-corrected chi connectivity index (χ3v) is 4.87. The molecule has 3 rings (SSSR count). The number of nitrogens with one attached hydrogen (secondary N) is 1. The van der Waals surface area contributed by atoms with E-state index in [2.05, 4.69) is 5.32 Å². The summed E-state index contributed by atoms with van der Waals surface area (Å²) in [6.07, 6.45) is 0. The lowest BCUT2D eigenvalue weighted by atomic mass is 9.97. The van der Waals surface area contributed by atoms with Gasteiger partial charge < -0.3 is 19.5 Å². The summed E-state index contributed by atoms with van der Waals surface area (Å²) in [5.74, 6) is 0.562. The topological polar surface area (TPSA) is 77.1 Å². The van der Waals surface area contributed by atoms with Crippen LogP contribution in [-0.2, 0) is 9.59 Å². The quantitative estimate of drug-likeness (QED) is 0.756. The second-order valence-electron chi connectivity index (χ2n) is 6.78. The molecule has 0 atom stereocenters. The minimum Gasteiger partial charge on any atom is -0.493 e. The van der Waals surface area contributed by atoms with Gasteiger partial charge in [0.15, 0.2) is 11.5 Å². The predicted octanol–water partition coefficient (Wildman–Crippen LogP) is 3.15. The van der Waals surface area contributed by atoms with Crippen molar-refractivity contribution in [2.24, 2.45) is 0 Å². The highest BCUT2D eigenvalue weighted by Crippen LogP contribution is 2.41. The molecule has 0 saturated heterocycles. The average Bonchev–Trinajstić information content (AvgIpc) is 2.91. The third-order valence-electron chi connectivity index (χ3n) is 4.87. The van der Waals surface area contributed by atoms with Crippen LogP contribution in [0.3, 0.4) is 0 Å². The Hall–Kier alpha value is -3.48. The molecule has 0 fully saturated rings. The number of carbonyl (C=O) groups excluding carboxylic acids is 2. The molecular weight excluding hydrogens is 372 g/mol. The van der Waals surface area contributed by atoms with Gasteiger partial charge in [-0.1, -0.05) is 23.8 Å². The first-order valence-corrected chi connectivity index (χ1v) is 9.03. The van der Waals surface area contributed by atoms with Gasteiger partial charge >= 0.3 is 0 Å². The fourth-order valence-corrected chi connectivity index (χ4v) is 3.40. The van der Waals surface area contributed by atoms with E-state index in [1.807, 2.05) is 32.0 Å². The van der Waals surface area contributed by atoms with Crippen molar-refractivity contribution in [3.63, 3.8) is 0 Å². The Balaban J connectivity index is 2.15. The lowest BCUT2D eigenvalue weighted by molar-refractivity contribution is -0.135. The maximum Gasteiger partial charge on any atom is 0.277 e. The van der Waals surface area contributed by atoms with E-state index in [0.29, 0.717) is 34.1 Å². The summed E-state index contributed by atoms with van der Waals surface area (Å²) in [7, 11) is 6.01. The van der Waals surface area contributed by atoms with Crippen LogP contribution in [0, 0.1) is 13.8 Å². The first kappa shape index (κ1) is 20.3. The molecule has 0 spiro atoms. The normalized spacial score (nSPS) is 13.8. The van der Waals surface area contributed by atoms with E-state index < -0.39 is 5.91 Å². The van der Waals surface area contributed by atoms with Gasteiger partial charge in [-0.3, -0.25) is 14.5 Å². The molecule has 0 bridgehead atoms. The highest BCUT2D eigenvalue weighted by atomic mass is 16.5. The van der Waals surface area contributed by atoms with Gasteiger partial charge in [0.25, 0.3) is 11.8 Å². The fourth-order valence-electron chi connectivity index (χ4n) is 3.40. The Morgan fingerprint density at radius 2 is 1.48 bits per heavy atom. The van der Waals surface area contributed by atoms with Crippen LogP contribution in [-0.4, -0.2) is 45.1 Å². The predicted molar refractivity (Wildman–Crippen MR) is 110 cm³/mol. The summed E-state index contributed by atoms with van der Waals surface area (Å²) in [4.78, 5) is 26.8. The zero-order chi connectivity index (χ0) is 21.3. The number of rotatable bonds is 6. The Morgan fingerprint density at radius 1 is 0.862 bits per heavy atom. The van der Waals surface area contributed by atoms with Crippen LogP contribution in [0.1, 0.15) is 16.7 Å². The van der Waals surface area contributed by atoms with Crippen LogP contribution in [0.25, 0.3) is 5.57 Å². The summed E-state index contributed by atoms with van der Waals surface area (Å²) in [6.45, 7) is 3.90. The van der Waals surface area contributed by atoms with Gasteiger partial charge in [-0.25, -0.2) is 0 Å². The van der Waals surface area contributed by atoms with Crippen molar-refractivity contribution in [2.45, 2.75) is 13.8 Å². The lowest BCUT2D eigenvalue weighted by Gasteiger charge is -2.16. The summed E-state index contributed by atoms with van der Waals surface area (Å²) in [5, 5.41) is 3.09. The van der Waals surface area contributed by atoms with Gasteiger partial charge in [0, 0.05) is 24.9 Å². The van der Waals surface area contributed by atoms with Crippen LogP contribution in [0.4, 0.5) is 5.69 Å². The summed E-state index contributed by atoms with van der Waals surface area (Å²) in [6, 6.07) is 9.13. The Bertz CT molecular complexity index is 1000. The number of amides is 2. The molecule has 0 saturated carbocycles. The number of benzene rings is 2. The molecule has 1 aliphatic rings. The average molecular weight is 396 g/mol. The highest BCUT2D eigenvalue weighted by Gasteiger charge is 2.37. The standard InChI is InChI=1S/C22H24N2O5/c1-12-7-8-15(13(2)9-12)18-19(22(26)24(3)21(18)25)23-14-10-16(27-4)20(29-6)17(11-14)28-5/h7-11,23H,1-6H3. The monoisotopic (exact) mass is 396 g/mol. The number of aryl methyl sites for hydroxylation is 2. The number of methoxy groups -OCH3 is 3. The SMILES string of the molecule is COc1cc(NC2=C(c3ccc(C)cc3C)C(=O)N(C)C2=O)cc(OC)c1OC. The van der Waals surface area contributed by atoms with Crippen molar-refractivity contribution in [3.8, 4) is 17.2 Å². The van der Waals surface area contributed by atoms with E-state index in [1.165, 1.54) is 28.4 Å². The molecule has 7 nitrogen and oxygen atoms in total. The van der Waals surface area contributed by atoms with Crippen molar-refractivity contribution >= 4 is 23.1 Å². The summed E-state index contributed by atoms with van der Waals surface area (Å²) < 4.78 is 16.1. The number of imide groups is 1. The Morgan fingerprint density at radius 3 is 2.00 bits per heavy atom. The number of anilines is 1. The van der Waals surface area contributed by atoms with Crippen LogP contribution in [0.2, 0.25) is 0 Å². The molecule has 7 heteroatoms. The summed E-state index contributed by atoms with van der Waals surface area (Å²) in [5.41, 5.74) is 3.79. The number of nitrogens with zero attached hydrogens (tertiary/aromatic N) is 1. The molecular formula is C22H24N2O5. The number of ether oxygens (including phenoxy) is 3. The van der Waals surface area contributed by atoms with Gasteiger partial charge in [0.2, 0.25) is 5.75 Å². The van der Waals surface area contributed by atoms with E-state index in [1.54, 1.807) is 12.1 Å². The summed E-state index contributed by atoms with van der Waals surface area (Å²) >= 11 is 0. The zero-order valence-corrected chi connectivity index (χ0v) is 17.4. The van der Waals surface area contributed by atoms with Crippen LogP contribution >= 0.6 is 0 Å². The minimum atomic E-state index is -0.404. The Labute approximate surface area is 169 Å². The van der Waals surface area contributed by atoms with E-state index in [9.17, 15) is 9.59 Å². The van der Waals surface area contributed by atoms with Gasteiger partial charge in [0.05, 0.1) is 26.9 Å². The molecule has 152 valence electrons. The second-order valence-corrected chi connectivity index (χ2v) is 6.78. The second kappa shape index (κ2) is 7.87. The third kappa shape index (κ3) is 3.51. The van der Waals surface area contributed by atoms with E-state index in [-0.39, 0.29) is 11.6 Å². The molecule has 2 amide bonds. The number of hydrogen-bond donors (Lipinski definition) is 1. The molecule has 0 radical (unpaired) electrons. The molecule has 1 heterocycles. The van der Waals surface area contributed by atoms with Crippen molar-refractivity contribution in [1.29, 1.82) is 0 Å². The maximum atomic E-state index is 12.8. The van der Waals surface area contributed by atoms with Crippen molar-refractivity contribution in [3.05, 3.63) is 52.7 Å². The van der Waals surface area contributed by atoms with Crippen molar-refractivity contribution in [2.75, 3.05) is 33.7 Å². The molecule has 29 heavy (non-hydrogen) atoms. The Kier molecular flexibility index (Phi) is 5.50. The van der Waals surface area contributed by atoms with E-state index in [4.69, 9.17) is 14.2 Å². The van der Waals surface area contributed by atoms with Gasteiger partial charge in [-0.05, 0) is 25.0 Å². The first-order valence-electron chi connectivity index (χ1n) is 9.03. The number of hydrogen-bond acceptors (Lipinski definition) is 6. The first-order chi connectivity index (χ1) is 13.8. The zero-order valence-electron chi connectivity index (χ0n) is 17.4. The molecule has 1 N–H and O–H groups in total. The van der Waals surface area contributed by atoms with E-state index in [0.717, 1.165) is 16.0 Å². The lowest BCUT2D eigenvalue weighted by Crippen LogP contribution is -2.28. The molecule has 1 aliphatic heterocycles. The molecule has 0 aliphatic carbocycles. The van der Waals surface area contributed by atoms with Gasteiger partial charge in [-0.2, -0.15) is 0 Å². The number of carbonyl (C=O) groups is 2. The smallest absolute Gasteiger partial charge is 0.277 e. The number of likely N-dealkylation sites (N-methyl/N-ethyl adjacent to an activating group) is 1. The molecule has 2 aromatic rings.